The summed E-state index contributed by atoms with van der Waals surface area (Å²) < 4.78 is 28.0. The van der Waals surface area contributed by atoms with Gasteiger partial charge in [-0.3, -0.25) is 0 Å². The molecule has 0 aromatic heterocycles. The van der Waals surface area contributed by atoms with Crippen molar-refractivity contribution in [1.82, 2.24) is 5.32 Å². The van der Waals surface area contributed by atoms with Crippen LogP contribution in [0.4, 0.5) is 0 Å². The molecular formula is C13H27NO3S. The van der Waals surface area contributed by atoms with Gasteiger partial charge in [-0.1, -0.05) is 18.6 Å². The molecule has 0 unspecified atom stereocenters. The summed E-state index contributed by atoms with van der Waals surface area (Å²) >= 11 is 0. The third-order valence-electron chi connectivity index (χ3n) is 2.62. The van der Waals surface area contributed by atoms with Gasteiger partial charge in [0.15, 0.2) is 9.84 Å². The average molecular weight is 277 g/mol. The summed E-state index contributed by atoms with van der Waals surface area (Å²) in [4.78, 5) is 0. The van der Waals surface area contributed by atoms with Crippen LogP contribution in [0, 0.1) is 0 Å². The molecule has 0 aliphatic rings. The Bertz CT molecular complexity index is 323. The number of ether oxygens (including phenoxy) is 1. The second-order valence-electron chi connectivity index (χ2n) is 4.48. The van der Waals surface area contributed by atoms with E-state index in [-0.39, 0.29) is 5.75 Å². The van der Waals surface area contributed by atoms with Crippen molar-refractivity contribution in [3.8, 4) is 0 Å². The van der Waals surface area contributed by atoms with Crippen molar-refractivity contribution >= 4 is 9.84 Å². The highest BCUT2D eigenvalue weighted by Gasteiger charge is 2.08. The van der Waals surface area contributed by atoms with E-state index in [1.807, 2.05) is 13.8 Å². The minimum Gasteiger partial charge on any atom is -0.383 e. The molecule has 0 heterocycles. The molecule has 4 nitrogen and oxygen atoms in total. The fourth-order valence-electron chi connectivity index (χ4n) is 1.55. The van der Waals surface area contributed by atoms with E-state index < -0.39 is 9.84 Å². The Morgan fingerprint density at radius 1 is 1.28 bits per heavy atom. The largest absolute Gasteiger partial charge is 0.383 e. The average Bonchev–Trinajstić information content (AvgIpc) is 2.31. The molecule has 0 rings (SSSR count). The molecule has 0 aromatic rings. The number of hydrogen-bond donors (Lipinski definition) is 1. The Morgan fingerprint density at radius 2 is 2.00 bits per heavy atom. The number of methoxy groups -OCH3 is 1. The standard InChI is InChI=1S/C13H27NO3S/c1-4-11-18(15,16)12-7-13(2)6-5-8-14-9-10-17-3/h6,14H,4-5,7-12H2,1-3H3. The monoisotopic (exact) mass is 277 g/mol. The number of hydrogen-bond acceptors (Lipinski definition) is 4. The molecule has 0 aliphatic heterocycles. The van der Waals surface area contributed by atoms with E-state index in [4.69, 9.17) is 4.74 Å². The molecule has 0 radical (unpaired) electrons. The van der Waals surface area contributed by atoms with Gasteiger partial charge in [0, 0.05) is 19.4 Å². The lowest BCUT2D eigenvalue weighted by molar-refractivity contribution is 0.199. The lowest BCUT2D eigenvalue weighted by Crippen LogP contribution is -2.19. The normalized spacial score (nSPS) is 12.9. The molecule has 18 heavy (non-hydrogen) atoms. The van der Waals surface area contributed by atoms with E-state index >= 15 is 0 Å². The molecule has 0 aliphatic carbocycles. The molecule has 1 N–H and O–H groups in total. The highest BCUT2D eigenvalue weighted by Crippen LogP contribution is 2.05. The van der Waals surface area contributed by atoms with Gasteiger partial charge in [-0.2, -0.15) is 0 Å². The molecule has 0 saturated heterocycles. The second-order valence-corrected chi connectivity index (χ2v) is 6.79. The third-order valence-corrected chi connectivity index (χ3v) is 4.48. The maximum atomic E-state index is 11.5. The Morgan fingerprint density at radius 3 is 2.61 bits per heavy atom. The summed E-state index contributed by atoms with van der Waals surface area (Å²) in [6.07, 6.45) is 4.40. The van der Waals surface area contributed by atoms with Crippen LogP contribution in [0.5, 0.6) is 0 Å². The zero-order valence-electron chi connectivity index (χ0n) is 11.9. The predicted octanol–water partition coefficient (Wildman–Crippen LogP) is 1.77. The first-order valence-corrected chi connectivity index (χ1v) is 8.39. The zero-order chi connectivity index (χ0) is 13.9. The topological polar surface area (TPSA) is 55.4 Å². The molecule has 108 valence electrons. The fourth-order valence-corrected chi connectivity index (χ4v) is 3.01. The molecule has 5 heteroatoms. The van der Waals surface area contributed by atoms with Crippen molar-refractivity contribution in [3.63, 3.8) is 0 Å². The minimum absolute atomic E-state index is 0.278. The van der Waals surface area contributed by atoms with E-state index in [0.717, 1.165) is 31.7 Å². The highest BCUT2D eigenvalue weighted by molar-refractivity contribution is 7.91. The van der Waals surface area contributed by atoms with E-state index in [9.17, 15) is 8.42 Å². The highest BCUT2D eigenvalue weighted by atomic mass is 32.2. The van der Waals surface area contributed by atoms with Gasteiger partial charge in [-0.15, -0.1) is 0 Å². The SMILES string of the molecule is CCCS(=O)(=O)CCC(C)=CCCNCCOC. The van der Waals surface area contributed by atoms with Crippen molar-refractivity contribution in [1.29, 1.82) is 0 Å². The van der Waals surface area contributed by atoms with Crippen LogP contribution in [0.15, 0.2) is 11.6 Å². The van der Waals surface area contributed by atoms with Gasteiger partial charge in [0.05, 0.1) is 12.4 Å². The van der Waals surface area contributed by atoms with Crippen molar-refractivity contribution in [2.45, 2.75) is 33.1 Å². The van der Waals surface area contributed by atoms with Gasteiger partial charge in [-0.25, -0.2) is 8.42 Å². The molecule has 0 saturated carbocycles. The first kappa shape index (κ1) is 17.6. The fraction of sp³-hybridized carbons (Fsp3) is 0.846. The predicted molar refractivity (Wildman–Crippen MR) is 76.7 cm³/mol. The quantitative estimate of drug-likeness (QED) is 0.462. The minimum atomic E-state index is -2.84. The molecule has 0 aromatic carbocycles. The van der Waals surface area contributed by atoms with E-state index in [1.54, 1.807) is 7.11 Å². The van der Waals surface area contributed by atoms with Gasteiger partial charge in [0.1, 0.15) is 0 Å². The van der Waals surface area contributed by atoms with Crippen LogP contribution in [0.3, 0.4) is 0 Å². The molecule has 0 atom stereocenters. The van der Waals surface area contributed by atoms with Gasteiger partial charge < -0.3 is 10.1 Å². The van der Waals surface area contributed by atoms with Crippen molar-refractivity contribution in [2.75, 3.05) is 38.3 Å². The van der Waals surface area contributed by atoms with E-state index in [1.165, 1.54) is 0 Å². The number of nitrogens with one attached hydrogen (secondary N) is 1. The van der Waals surface area contributed by atoms with Crippen LogP contribution in [-0.4, -0.2) is 46.7 Å². The Kier molecular flexibility index (Phi) is 10.3. The maximum absolute atomic E-state index is 11.5. The van der Waals surface area contributed by atoms with Gasteiger partial charge in [0.2, 0.25) is 0 Å². The van der Waals surface area contributed by atoms with Crippen LogP contribution in [0.2, 0.25) is 0 Å². The Balaban J connectivity index is 3.71. The number of sulfone groups is 1. The Labute approximate surface area is 112 Å². The van der Waals surface area contributed by atoms with Gasteiger partial charge in [0.25, 0.3) is 0 Å². The maximum Gasteiger partial charge on any atom is 0.150 e. The summed E-state index contributed by atoms with van der Waals surface area (Å²) in [6, 6.07) is 0. The smallest absolute Gasteiger partial charge is 0.150 e. The summed E-state index contributed by atoms with van der Waals surface area (Å²) in [5.41, 5.74) is 1.16. The first-order chi connectivity index (χ1) is 8.52. The summed E-state index contributed by atoms with van der Waals surface area (Å²) in [7, 11) is -1.16. The van der Waals surface area contributed by atoms with Gasteiger partial charge >= 0.3 is 0 Å². The molecule has 0 spiro atoms. The van der Waals surface area contributed by atoms with Crippen LogP contribution in [0.25, 0.3) is 0 Å². The third kappa shape index (κ3) is 10.7. The number of allylic oxidation sites excluding steroid dienone is 1. The van der Waals surface area contributed by atoms with E-state index in [0.29, 0.717) is 18.6 Å². The van der Waals surface area contributed by atoms with Crippen molar-refractivity contribution < 1.29 is 13.2 Å². The first-order valence-electron chi connectivity index (χ1n) is 6.57. The summed E-state index contributed by atoms with van der Waals surface area (Å²) in [6.45, 7) is 6.37. The Hall–Kier alpha value is -0.390. The molecule has 0 amide bonds. The zero-order valence-corrected chi connectivity index (χ0v) is 12.7. The second kappa shape index (κ2) is 10.5. The van der Waals surface area contributed by atoms with Crippen LogP contribution >= 0.6 is 0 Å². The molecule has 0 fully saturated rings. The van der Waals surface area contributed by atoms with Crippen molar-refractivity contribution in [2.24, 2.45) is 0 Å². The van der Waals surface area contributed by atoms with E-state index in [2.05, 4.69) is 11.4 Å². The molecular weight excluding hydrogens is 250 g/mol. The van der Waals surface area contributed by atoms with Crippen LogP contribution < -0.4 is 5.32 Å². The lowest BCUT2D eigenvalue weighted by Gasteiger charge is -2.04. The van der Waals surface area contributed by atoms with Crippen LogP contribution in [-0.2, 0) is 14.6 Å². The molecule has 0 bridgehead atoms. The van der Waals surface area contributed by atoms with Crippen molar-refractivity contribution in [3.05, 3.63) is 11.6 Å². The summed E-state index contributed by atoms with van der Waals surface area (Å²) in [5.74, 6) is 0.582. The van der Waals surface area contributed by atoms with Gasteiger partial charge in [-0.05, 0) is 32.7 Å². The van der Waals surface area contributed by atoms with Crippen LogP contribution in [0.1, 0.15) is 33.1 Å². The number of rotatable bonds is 11. The lowest BCUT2D eigenvalue weighted by atomic mass is 10.2. The summed E-state index contributed by atoms with van der Waals surface area (Å²) in [5, 5.41) is 3.25.